The van der Waals surface area contributed by atoms with Gasteiger partial charge in [0.15, 0.2) is 0 Å². The normalized spacial score (nSPS) is 20.4. The Hall–Kier alpha value is -2.27. The predicted molar refractivity (Wildman–Crippen MR) is 125 cm³/mol. The summed E-state index contributed by atoms with van der Waals surface area (Å²) in [5.74, 6) is 0.211. The average Bonchev–Trinajstić information content (AvgIpc) is 3.36. The highest BCUT2D eigenvalue weighted by molar-refractivity contribution is 8.26. The summed E-state index contributed by atoms with van der Waals surface area (Å²) in [5.41, 5.74) is 1.54. The molecule has 2 aromatic heterocycles. The molecular weight excluding hydrogens is 436 g/mol. The van der Waals surface area contributed by atoms with Crippen molar-refractivity contribution in [2.24, 2.45) is 0 Å². The maximum Gasteiger partial charge on any atom is 0.267 e. The molecule has 4 heterocycles. The van der Waals surface area contributed by atoms with Crippen LogP contribution in [-0.4, -0.2) is 64.0 Å². The maximum atomic E-state index is 13.3. The van der Waals surface area contributed by atoms with Crippen molar-refractivity contribution in [3.8, 4) is 0 Å². The Bertz CT molecular complexity index is 1110. The van der Waals surface area contributed by atoms with E-state index in [1.54, 1.807) is 25.4 Å². The van der Waals surface area contributed by atoms with Gasteiger partial charge in [0.1, 0.15) is 15.8 Å². The van der Waals surface area contributed by atoms with E-state index in [1.165, 1.54) is 21.1 Å². The zero-order chi connectivity index (χ0) is 22.0. The summed E-state index contributed by atoms with van der Waals surface area (Å²) in [6.07, 6.45) is 5.34. The molecule has 0 unspecified atom stereocenters. The summed E-state index contributed by atoms with van der Waals surface area (Å²) in [6.45, 7) is 3.95. The SMILES string of the molecule is COCCN1C(=O)/C(=C\c2c(NC[C@H]3CCCO3)nc3c(C)cccn3c2=O)SC1=S. The van der Waals surface area contributed by atoms with Crippen LogP contribution in [-0.2, 0) is 14.3 Å². The molecule has 2 aliphatic heterocycles. The Labute approximate surface area is 189 Å². The number of rotatable bonds is 7. The van der Waals surface area contributed by atoms with Crippen LogP contribution in [0.2, 0.25) is 0 Å². The topological polar surface area (TPSA) is 85.2 Å². The minimum absolute atomic E-state index is 0.0808. The molecule has 2 fully saturated rings. The molecule has 0 radical (unpaired) electrons. The number of hydrogen-bond acceptors (Lipinski definition) is 8. The molecule has 1 amide bonds. The van der Waals surface area contributed by atoms with E-state index in [1.807, 2.05) is 13.0 Å². The molecule has 8 nitrogen and oxygen atoms in total. The third-order valence-corrected chi connectivity index (χ3v) is 6.65. The molecule has 1 N–H and O–H groups in total. The zero-order valence-corrected chi connectivity index (χ0v) is 19.1. The van der Waals surface area contributed by atoms with Gasteiger partial charge in [0.25, 0.3) is 11.5 Å². The number of methoxy groups -OCH3 is 1. The minimum Gasteiger partial charge on any atom is -0.383 e. The van der Waals surface area contributed by atoms with Gasteiger partial charge in [-0.3, -0.25) is 18.9 Å². The average molecular weight is 461 g/mol. The molecule has 164 valence electrons. The number of fused-ring (bicyclic) bond motifs is 1. The molecule has 2 aliphatic rings. The smallest absolute Gasteiger partial charge is 0.267 e. The van der Waals surface area contributed by atoms with Gasteiger partial charge in [0, 0.05) is 26.5 Å². The molecule has 10 heteroatoms. The Balaban J connectivity index is 1.74. The fourth-order valence-corrected chi connectivity index (χ4v) is 4.89. The highest BCUT2D eigenvalue weighted by atomic mass is 32.2. The number of thiocarbonyl (C=S) groups is 1. The summed E-state index contributed by atoms with van der Waals surface area (Å²) in [4.78, 5) is 32.8. The van der Waals surface area contributed by atoms with Gasteiger partial charge in [-0.1, -0.05) is 30.0 Å². The second-order valence-electron chi connectivity index (χ2n) is 7.41. The third-order valence-electron chi connectivity index (χ3n) is 5.27. The predicted octanol–water partition coefficient (Wildman–Crippen LogP) is 2.44. The standard InChI is InChI=1S/C21H24N4O4S2/c1-13-5-3-7-24-18(13)23-17(22-12-14-6-4-9-29-14)15(19(24)26)11-16-20(27)25(8-10-28-2)21(30)31-16/h3,5,7,11,14,22H,4,6,8-10,12H2,1-2H3/b16-11+/t14-/m1/s1. The number of hydrogen-bond donors (Lipinski definition) is 1. The van der Waals surface area contributed by atoms with Gasteiger partial charge in [0.2, 0.25) is 0 Å². The van der Waals surface area contributed by atoms with E-state index in [0.717, 1.165) is 25.0 Å². The number of thioether (sulfide) groups is 1. The molecule has 0 saturated carbocycles. The van der Waals surface area contributed by atoms with Crippen molar-refractivity contribution < 1.29 is 14.3 Å². The Morgan fingerprint density at radius 2 is 2.29 bits per heavy atom. The molecule has 1 atom stereocenters. The first kappa shape index (κ1) is 21.9. The van der Waals surface area contributed by atoms with Crippen molar-refractivity contribution in [3.05, 3.63) is 44.7 Å². The summed E-state index contributed by atoms with van der Waals surface area (Å²) >= 11 is 6.53. The molecule has 0 aromatic carbocycles. The summed E-state index contributed by atoms with van der Waals surface area (Å²) in [5, 5.41) is 3.28. The number of carbonyl (C=O) groups is 1. The van der Waals surface area contributed by atoms with Crippen LogP contribution in [0.25, 0.3) is 11.7 Å². The molecular formula is C21H24N4O4S2. The summed E-state index contributed by atoms with van der Waals surface area (Å²) < 4.78 is 12.7. The first-order valence-electron chi connectivity index (χ1n) is 10.1. The fraction of sp³-hybridized carbons (Fsp3) is 0.429. The molecule has 0 spiro atoms. The fourth-order valence-electron chi connectivity index (χ4n) is 3.60. The van der Waals surface area contributed by atoms with E-state index in [4.69, 9.17) is 26.7 Å². The number of aromatic nitrogens is 2. The lowest BCUT2D eigenvalue weighted by Crippen LogP contribution is -2.31. The highest BCUT2D eigenvalue weighted by Gasteiger charge is 2.32. The monoisotopic (exact) mass is 460 g/mol. The van der Waals surface area contributed by atoms with Crippen LogP contribution >= 0.6 is 24.0 Å². The van der Waals surface area contributed by atoms with Gasteiger partial charge in [0.05, 0.1) is 29.7 Å². The maximum absolute atomic E-state index is 13.3. The minimum atomic E-state index is -0.245. The first-order chi connectivity index (χ1) is 15.0. The number of carbonyl (C=O) groups excluding carboxylic acids is 1. The Kier molecular flexibility index (Phi) is 6.71. The Morgan fingerprint density at radius 1 is 1.45 bits per heavy atom. The largest absolute Gasteiger partial charge is 0.383 e. The van der Waals surface area contributed by atoms with Crippen LogP contribution in [0.15, 0.2) is 28.0 Å². The Morgan fingerprint density at radius 3 is 3.03 bits per heavy atom. The number of amides is 1. The lowest BCUT2D eigenvalue weighted by atomic mass is 10.2. The number of aryl methyl sites for hydroxylation is 1. The van der Waals surface area contributed by atoms with Crippen molar-refractivity contribution in [2.75, 3.05) is 38.7 Å². The van der Waals surface area contributed by atoms with E-state index < -0.39 is 0 Å². The molecule has 0 aliphatic carbocycles. The second kappa shape index (κ2) is 9.47. The van der Waals surface area contributed by atoms with Crippen molar-refractivity contribution in [2.45, 2.75) is 25.9 Å². The molecule has 31 heavy (non-hydrogen) atoms. The lowest BCUT2D eigenvalue weighted by Gasteiger charge is -2.15. The number of nitrogens with one attached hydrogen (secondary N) is 1. The van der Waals surface area contributed by atoms with Crippen LogP contribution in [0.1, 0.15) is 24.0 Å². The van der Waals surface area contributed by atoms with Crippen LogP contribution in [0.3, 0.4) is 0 Å². The molecule has 2 saturated heterocycles. The van der Waals surface area contributed by atoms with E-state index in [-0.39, 0.29) is 17.6 Å². The summed E-state index contributed by atoms with van der Waals surface area (Å²) in [6, 6.07) is 3.71. The van der Waals surface area contributed by atoms with Crippen molar-refractivity contribution in [1.29, 1.82) is 0 Å². The molecule has 4 rings (SSSR count). The number of nitrogens with zero attached hydrogens (tertiary/aromatic N) is 3. The van der Waals surface area contributed by atoms with Gasteiger partial charge in [-0.25, -0.2) is 4.98 Å². The molecule has 2 aromatic rings. The second-order valence-corrected chi connectivity index (χ2v) is 9.08. The van der Waals surface area contributed by atoms with E-state index in [9.17, 15) is 9.59 Å². The lowest BCUT2D eigenvalue weighted by molar-refractivity contribution is -0.122. The van der Waals surface area contributed by atoms with Crippen LogP contribution in [0.4, 0.5) is 5.82 Å². The van der Waals surface area contributed by atoms with Gasteiger partial charge in [-0.15, -0.1) is 0 Å². The van der Waals surface area contributed by atoms with E-state index in [0.29, 0.717) is 46.0 Å². The van der Waals surface area contributed by atoms with Gasteiger partial charge in [-0.05, 0) is 37.5 Å². The summed E-state index contributed by atoms with van der Waals surface area (Å²) in [7, 11) is 1.57. The van der Waals surface area contributed by atoms with Gasteiger partial charge < -0.3 is 14.8 Å². The van der Waals surface area contributed by atoms with Crippen LogP contribution < -0.4 is 10.9 Å². The number of anilines is 1. The third kappa shape index (κ3) is 4.52. The van der Waals surface area contributed by atoms with E-state index >= 15 is 0 Å². The van der Waals surface area contributed by atoms with E-state index in [2.05, 4.69) is 5.32 Å². The van der Waals surface area contributed by atoms with Gasteiger partial charge >= 0.3 is 0 Å². The van der Waals surface area contributed by atoms with Crippen molar-refractivity contribution in [3.63, 3.8) is 0 Å². The van der Waals surface area contributed by atoms with Crippen molar-refractivity contribution >= 4 is 51.7 Å². The molecule has 0 bridgehead atoms. The quantitative estimate of drug-likeness (QED) is 0.498. The highest BCUT2D eigenvalue weighted by Crippen LogP contribution is 2.33. The number of ether oxygens (including phenoxy) is 2. The van der Waals surface area contributed by atoms with Crippen LogP contribution in [0, 0.1) is 6.92 Å². The first-order valence-corrected chi connectivity index (χ1v) is 11.3. The zero-order valence-electron chi connectivity index (χ0n) is 17.4. The van der Waals surface area contributed by atoms with Crippen molar-refractivity contribution in [1.82, 2.24) is 14.3 Å². The number of pyridine rings is 1. The van der Waals surface area contributed by atoms with Crippen LogP contribution in [0.5, 0.6) is 0 Å². The van der Waals surface area contributed by atoms with Gasteiger partial charge in [-0.2, -0.15) is 0 Å².